The SMILES string of the molecule is CCOc1cccc(C(CN)Cc2ccc(O)c(OC)c2)c1. The van der Waals surface area contributed by atoms with Gasteiger partial charge in [-0.15, -0.1) is 0 Å². The second kappa shape index (κ2) is 7.71. The standard InChI is InChI=1S/C18H23NO3/c1-3-22-16-6-4-5-14(11-16)15(12-19)9-13-7-8-17(20)18(10-13)21-2/h4-8,10-11,15,20H,3,9,12,19H2,1-2H3. The number of rotatable bonds is 7. The van der Waals surface area contributed by atoms with E-state index in [0.717, 1.165) is 23.3 Å². The molecule has 22 heavy (non-hydrogen) atoms. The number of hydrogen-bond donors (Lipinski definition) is 2. The van der Waals surface area contributed by atoms with Crippen LogP contribution in [0.5, 0.6) is 17.2 Å². The molecule has 0 heterocycles. The van der Waals surface area contributed by atoms with Gasteiger partial charge in [-0.05, 0) is 55.3 Å². The van der Waals surface area contributed by atoms with E-state index in [0.29, 0.717) is 18.9 Å². The van der Waals surface area contributed by atoms with Crippen molar-refractivity contribution in [1.29, 1.82) is 0 Å². The highest BCUT2D eigenvalue weighted by molar-refractivity contribution is 5.42. The van der Waals surface area contributed by atoms with Crippen LogP contribution in [0.15, 0.2) is 42.5 Å². The van der Waals surface area contributed by atoms with Gasteiger partial charge in [0.15, 0.2) is 11.5 Å². The van der Waals surface area contributed by atoms with Crippen molar-refractivity contribution in [2.24, 2.45) is 5.73 Å². The summed E-state index contributed by atoms with van der Waals surface area (Å²) in [5.74, 6) is 1.68. The Hall–Kier alpha value is -2.20. The minimum absolute atomic E-state index is 0.147. The molecular formula is C18H23NO3. The molecule has 0 aliphatic heterocycles. The van der Waals surface area contributed by atoms with Crippen LogP contribution < -0.4 is 15.2 Å². The minimum Gasteiger partial charge on any atom is -0.504 e. The highest BCUT2D eigenvalue weighted by Gasteiger charge is 2.13. The van der Waals surface area contributed by atoms with Crippen molar-refractivity contribution in [1.82, 2.24) is 0 Å². The van der Waals surface area contributed by atoms with E-state index in [2.05, 4.69) is 6.07 Å². The number of phenolic OH excluding ortho intramolecular Hbond substituents is 1. The Labute approximate surface area is 131 Å². The van der Waals surface area contributed by atoms with Crippen LogP contribution >= 0.6 is 0 Å². The van der Waals surface area contributed by atoms with Crippen LogP contribution in [-0.4, -0.2) is 25.4 Å². The summed E-state index contributed by atoms with van der Waals surface area (Å²) in [7, 11) is 1.55. The second-order valence-electron chi connectivity index (χ2n) is 5.15. The zero-order chi connectivity index (χ0) is 15.9. The molecule has 3 N–H and O–H groups in total. The van der Waals surface area contributed by atoms with Crippen molar-refractivity contribution < 1.29 is 14.6 Å². The van der Waals surface area contributed by atoms with Crippen LogP contribution in [0.3, 0.4) is 0 Å². The predicted molar refractivity (Wildman–Crippen MR) is 87.8 cm³/mol. The number of ether oxygens (including phenoxy) is 2. The zero-order valence-electron chi connectivity index (χ0n) is 13.1. The first-order valence-corrected chi connectivity index (χ1v) is 7.46. The summed E-state index contributed by atoms with van der Waals surface area (Å²) in [4.78, 5) is 0. The van der Waals surface area contributed by atoms with Gasteiger partial charge in [0, 0.05) is 5.92 Å². The highest BCUT2D eigenvalue weighted by atomic mass is 16.5. The number of hydrogen-bond acceptors (Lipinski definition) is 4. The summed E-state index contributed by atoms with van der Waals surface area (Å²) < 4.78 is 10.7. The van der Waals surface area contributed by atoms with E-state index < -0.39 is 0 Å². The van der Waals surface area contributed by atoms with Gasteiger partial charge in [-0.25, -0.2) is 0 Å². The van der Waals surface area contributed by atoms with Crippen molar-refractivity contribution in [3.63, 3.8) is 0 Å². The van der Waals surface area contributed by atoms with E-state index in [9.17, 15) is 5.11 Å². The molecule has 1 atom stereocenters. The summed E-state index contributed by atoms with van der Waals surface area (Å²) in [6.07, 6.45) is 0.780. The van der Waals surface area contributed by atoms with Gasteiger partial charge >= 0.3 is 0 Å². The van der Waals surface area contributed by atoms with Gasteiger partial charge in [0.1, 0.15) is 5.75 Å². The van der Waals surface area contributed by atoms with Crippen molar-refractivity contribution in [2.45, 2.75) is 19.3 Å². The number of aromatic hydroxyl groups is 1. The molecular weight excluding hydrogens is 278 g/mol. The highest BCUT2D eigenvalue weighted by Crippen LogP contribution is 2.29. The third-order valence-electron chi connectivity index (χ3n) is 3.65. The fourth-order valence-corrected chi connectivity index (χ4v) is 2.50. The quantitative estimate of drug-likeness (QED) is 0.825. The van der Waals surface area contributed by atoms with Gasteiger partial charge in [0.05, 0.1) is 13.7 Å². The molecule has 1 unspecified atom stereocenters. The van der Waals surface area contributed by atoms with Gasteiger partial charge in [0.2, 0.25) is 0 Å². The van der Waals surface area contributed by atoms with Crippen LogP contribution in [0.4, 0.5) is 0 Å². The van der Waals surface area contributed by atoms with Gasteiger partial charge in [0.25, 0.3) is 0 Å². The van der Waals surface area contributed by atoms with Crippen molar-refractivity contribution in [3.8, 4) is 17.2 Å². The summed E-state index contributed by atoms with van der Waals surface area (Å²) in [6.45, 7) is 3.15. The fraction of sp³-hybridized carbons (Fsp3) is 0.333. The average molecular weight is 301 g/mol. The molecule has 0 radical (unpaired) electrons. The van der Waals surface area contributed by atoms with Crippen molar-refractivity contribution in [3.05, 3.63) is 53.6 Å². The van der Waals surface area contributed by atoms with Crippen LogP contribution in [0.2, 0.25) is 0 Å². The normalized spacial score (nSPS) is 12.0. The molecule has 0 aliphatic rings. The van der Waals surface area contributed by atoms with Crippen LogP contribution in [0.25, 0.3) is 0 Å². The Morgan fingerprint density at radius 1 is 1.18 bits per heavy atom. The van der Waals surface area contributed by atoms with Crippen molar-refractivity contribution >= 4 is 0 Å². The van der Waals surface area contributed by atoms with Gasteiger partial charge < -0.3 is 20.3 Å². The molecule has 0 saturated carbocycles. The third kappa shape index (κ3) is 3.92. The maximum Gasteiger partial charge on any atom is 0.160 e. The van der Waals surface area contributed by atoms with E-state index in [1.807, 2.05) is 37.3 Å². The van der Waals surface area contributed by atoms with E-state index in [4.69, 9.17) is 15.2 Å². The van der Waals surface area contributed by atoms with Crippen LogP contribution in [-0.2, 0) is 6.42 Å². The van der Waals surface area contributed by atoms with Gasteiger partial charge in [-0.2, -0.15) is 0 Å². The molecule has 4 heteroatoms. The third-order valence-corrected chi connectivity index (χ3v) is 3.65. The van der Waals surface area contributed by atoms with E-state index in [1.54, 1.807) is 13.2 Å². The maximum atomic E-state index is 9.67. The molecule has 2 aromatic rings. The lowest BCUT2D eigenvalue weighted by Crippen LogP contribution is -2.15. The topological polar surface area (TPSA) is 64.7 Å². The molecule has 118 valence electrons. The Bertz CT molecular complexity index is 613. The number of benzene rings is 2. The Morgan fingerprint density at radius 2 is 2.00 bits per heavy atom. The first-order chi connectivity index (χ1) is 10.7. The fourth-order valence-electron chi connectivity index (χ4n) is 2.50. The summed E-state index contributed by atoms with van der Waals surface area (Å²) in [5, 5.41) is 9.67. The molecule has 0 aliphatic carbocycles. The molecule has 0 bridgehead atoms. The average Bonchev–Trinajstić information content (AvgIpc) is 2.54. The maximum absolute atomic E-state index is 9.67. The Balaban J connectivity index is 2.20. The molecule has 0 fully saturated rings. The first kappa shape index (κ1) is 16.2. The monoisotopic (exact) mass is 301 g/mol. The number of nitrogens with two attached hydrogens (primary N) is 1. The molecule has 0 aromatic heterocycles. The van der Waals surface area contributed by atoms with Gasteiger partial charge in [-0.1, -0.05) is 18.2 Å². The predicted octanol–water partition coefficient (Wildman–Crippen LogP) is 3.08. The molecule has 4 nitrogen and oxygen atoms in total. The number of phenols is 1. The zero-order valence-corrected chi connectivity index (χ0v) is 13.1. The Morgan fingerprint density at radius 3 is 2.68 bits per heavy atom. The van der Waals surface area contributed by atoms with Gasteiger partial charge in [-0.3, -0.25) is 0 Å². The summed E-state index contributed by atoms with van der Waals surface area (Å²) in [6, 6.07) is 13.4. The van der Waals surface area contributed by atoms with Crippen LogP contribution in [0, 0.1) is 0 Å². The molecule has 0 saturated heterocycles. The van der Waals surface area contributed by atoms with E-state index in [-0.39, 0.29) is 11.7 Å². The summed E-state index contributed by atoms with van der Waals surface area (Å²) >= 11 is 0. The number of methoxy groups -OCH3 is 1. The summed E-state index contributed by atoms with van der Waals surface area (Å²) in [5.41, 5.74) is 8.18. The molecule has 2 rings (SSSR count). The Kier molecular flexibility index (Phi) is 5.67. The van der Waals surface area contributed by atoms with Crippen LogP contribution in [0.1, 0.15) is 24.0 Å². The smallest absolute Gasteiger partial charge is 0.160 e. The lowest BCUT2D eigenvalue weighted by Gasteiger charge is -2.17. The second-order valence-corrected chi connectivity index (χ2v) is 5.15. The van der Waals surface area contributed by atoms with E-state index >= 15 is 0 Å². The molecule has 0 spiro atoms. The molecule has 0 amide bonds. The lowest BCUT2D eigenvalue weighted by atomic mass is 9.92. The molecule has 2 aromatic carbocycles. The minimum atomic E-state index is 0.147. The largest absolute Gasteiger partial charge is 0.504 e. The lowest BCUT2D eigenvalue weighted by molar-refractivity contribution is 0.339. The van der Waals surface area contributed by atoms with E-state index in [1.165, 1.54) is 0 Å². The first-order valence-electron chi connectivity index (χ1n) is 7.46. The van der Waals surface area contributed by atoms with Crippen molar-refractivity contribution in [2.75, 3.05) is 20.3 Å².